The number of fused-ring (bicyclic) bond motifs is 1. The zero-order valence-electron chi connectivity index (χ0n) is 12.6. The molecule has 0 radical (unpaired) electrons. The van der Waals surface area contributed by atoms with Gasteiger partial charge in [0, 0.05) is 30.2 Å². The van der Waals surface area contributed by atoms with E-state index in [1.165, 1.54) is 19.1 Å². The Balaban J connectivity index is 2.49. The van der Waals surface area contributed by atoms with Crippen LogP contribution in [0.3, 0.4) is 0 Å². The highest BCUT2D eigenvalue weighted by molar-refractivity contribution is 5.92. The van der Waals surface area contributed by atoms with Gasteiger partial charge in [-0.3, -0.25) is 4.79 Å². The van der Waals surface area contributed by atoms with Crippen molar-refractivity contribution in [1.82, 2.24) is 0 Å². The average Bonchev–Trinajstić information content (AvgIpc) is 2.46. The van der Waals surface area contributed by atoms with E-state index < -0.39 is 5.63 Å². The fourth-order valence-corrected chi connectivity index (χ4v) is 2.22. The molecule has 2 aromatic rings. The van der Waals surface area contributed by atoms with Crippen molar-refractivity contribution in [2.75, 3.05) is 18.0 Å². The smallest absolute Gasteiger partial charge is 0.343 e. The number of allylic oxidation sites excluding steroid dienone is 1. The molecule has 1 heterocycles. The topological polar surface area (TPSA) is 50.5 Å². The van der Waals surface area contributed by atoms with Crippen LogP contribution in [0.1, 0.15) is 26.3 Å². The van der Waals surface area contributed by atoms with Crippen LogP contribution in [0.4, 0.5) is 5.69 Å². The number of rotatable bonds is 5. The summed E-state index contributed by atoms with van der Waals surface area (Å²) in [5.74, 6) is -0.105. The predicted octanol–water partition coefficient (Wildman–Crippen LogP) is 3.24. The molecular weight excluding hydrogens is 266 g/mol. The Hall–Kier alpha value is -2.36. The van der Waals surface area contributed by atoms with Gasteiger partial charge in [0.15, 0.2) is 5.78 Å². The van der Waals surface area contributed by atoms with E-state index in [1.807, 2.05) is 18.2 Å². The Bertz CT molecular complexity index is 739. The van der Waals surface area contributed by atoms with Gasteiger partial charge in [0.25, 0.3) is 0 Å². The molecule has 4 nitrogen and oxygen atoms in total. The van der Waals surface area contributed by atoms with Crippen LogP contribution in [0.25, 0.3) is 17.0 Å². The first kappa shape index (κ1) is 15.0. The van der Waals surface area contributed by atoms with Crippen LogP contribution in [-0.4, -0.2) is 18.9 Å². The minimum absolute atomic E-state index is 0.105. The zero-order chi connectivity index (χ0) is 15.4. The molecule has 0 aliphatic heterocycles. The molecule has 0 saturated heterocycles. The molecular formula is C17H19NO3. The third kappa shape index (κ3) is 3.40. The van der Waals surface area contributed by atoms with E-state index in [2.05, 4.69) is 18.7 Å². The second-order valence-corrected chi connectivity index (χ2v) is 4.83. The lowest BCUT2D eigenvalue weighted by atomic mass is 10.1. The van der Waals surface area contributed by atoms with E-state index in [9.17, 15) is 9.59 Å². The predicted molar refractivity (Wildman–Crippen MR) is 85.8 cm³/mol. The minimum Gasteiger partial charge on any atom is -0.422 e. The van der Waals surface area contributed by atoms with Gasteiger partial charge in [0.2, 0.25) is 0 Å². The third-order valence-corrected chi connectivity index (χ3v) is 3.37. The fourth-order valence-electron chi connectivity index (χ4n) is 2.22. The van der Waals surface area contributed by atoms with E-state index in [1.54, 1.807) is 6.07 Å². The van der Waals surface area contributed by atoms with Gasteiger partial charge in [-0.1, -0.05) is 0 Å². The Kier molecular flexibility index (Phi) is 4.58. The Morgan fingerprint density at radius 3 is 2.57 bits per heavy atom. The summed E-state index contributed by atoms with van der Waals surface area (Å²) in [6, 6.07) is 7.56. The van der Waals surface area contributed by atoms with E-state index in [0.717, 1.165) is 24.2 Å². The van der Waals surface area contributed by atoms with Crippen molar-refractivity contribution in [2.24, 2.45) is 0 Å². The number of nitrogens with zero attached hydrogens (tertiary/aromatic N) is 1. The van der Waals surface area contributed by atoms with Gasteiger partial charge < -0.3 is 9.32 Å². The molecule has 0 unspecified atom stereocenters. The quantitative estimate of drug-likeness (QED) is 0.625. The maximum atomic E-state index is 11.9. The number of ketones is 1. The molecule has 1 aromatic heterocycles. The van der Waals surface area contributed by atoms with Crippen molar-refractivity contribution in [1.29, 1.82) is 0 Å². The Labute approximate surface area is 123 Å². The third-order valence-electron chi connectivity index (χ3n) is 3.37. The van der Waals surface area contributed by atoms with Crippen LogP contribution in [-0.2, 0) is 4.79 Å². The summed E-state index contributed by atoms with van der Waals surface area (Å²) < 4.78 is 5.36. The monoisotopic (exact) mass is 285 g/mol. The lowest BCUT2D eigenvalue weighted by molar-refractivity contribution is -0.112. The molecule has 0 amide bonds. The van der Waals surface area contributed by atoms with Gasteiger partial charge in [0.05, 0.1) is 5.56 Å². The van der Waals surface area contributed by atoms with Crippen LogP contribution in [0, 0.1) is 0 Å². The SMILES string of the molecule is CCN(CC)c1ccc2cc(/C=C/C(C)=O)c(=O)oc2c1. The van der Waals surface area contributed by atoms with Gasteiger partial charge in [-0.05, 0) is 51.1 Å². The molecule has 0 aliphatic rings. The number of carbonyl (C=O) groups excluding carboxylic acids is 1. The van der Waals surface area contributed by atoms with Crippen molar-refractivity contribution in [2.45, 2.75) is 20.8 Å². The highest BCUT2D eigenvalue weighted by Crippen LogP contribution is 2.22. The normalized spacial score (nSPS) is 11.2. The zero-order valence-corrected chi connectivity index (χ0v) is 12.6. The Morgan fingerprint density at radius 2 is 1.95 bits per heavy atom. The summed E-state index contributed by atoms with van der Waals surface area (Å²) in [6.45, 7) is 7.39. The van der Waals surface area contributed by atoms with Crippen molar-refractivity contribution in [3.63, 3.8) is 0 Å². The Morgan fingerprint density at radius 1 is 1.24 bits per heavy atom. The van der Waals surface area contributed by atoms with Gasteiger partial charge in [0.1, 0.15) is 5.58 Å². The molecule has 1 aromatic carbocycles. The molecule has 110 valence electrons. The summed E-state index contributed by atoms with van der Waals surface area (Å²) in [6.07, 6.45) is 2.86. The molecule has 0 aliphatic carbocycles. The number of benzene rings is 1. The van der Waals surface area contributed by atoms with Crippen molar-refractivity contribution >= 4 is 28.5 Å². The lowest BCUT2D eigenvalue weighted by Crippen LogP contribution is -2.21. The standard InChI is InChI=1S/C17H19NO3/c1-4-18(5-2)15-9-8-13-10-14(7-6-12(3)19)17(20)21-16(13)11-15/h6-11H,4-5H2,1-3H3/b7-6+. The maximum Gasteiger partial charge on any atom is 0.343 e. The highest BCUT2D eigenvalue weighted by Gasteiger charge is 2.07. The van der Waals surface area contributed by atoms with Gasteiger partial charge in [-0.25, -0.2) is 4.79 Å². The second-order valence-electron chi connectivity index (χ2n) is 4.83. The van der Waals surface area contributed by atoms with Crippen LogP contribution in [0.5, 0.6) is 0 Å². The van der Waals surface area contributed by atoms with Crippen LogP contribution >= 0.6 is 0 Å². The van der Waals surface area contributed by atoms with Crippen LogP contribution in [0.2, 0.25) is 0 Å². The van der Waals surface area contributed by atoms with Crippen molar-refractivity contribution < 1.29 is 9.21 Å². The summed E-state index contributed by atoms with van der Waals surface area (Å²) >= 11 is 0. The van der Waals surface area contributed by atoms with Gasteiger partial charge in [-0.2, -0.15) is 0 Å². The summed E-state index contributed by atoms with van der Waals surface area (Å²) in [7, 11) is 0. The van der Waals surface area contributed by atoms with Crippen molar-refractivity contribution in [3.8, 4) is 0 Å². The maximum absolute atomic E-state index is 11.9. The number of hydrogen-bond donors (Lipinski definition) is 0. The van der Waals surface area contributed by atoms with Crippen molar-refractivity contribution in [3.05, 3.63) is 46.3 Å². The minimum atomic E-state index is -0.434. The van der Waals surface area contributed by atoms with Gasteiger partial charge >= 0.3 is 5.63 Å². The fraction of sp³-hybridized carbons (Fsp3) is 0.294. The number of carbonyl (C=O) groups is 1. The first-order chi connectivity index (χ1) is 10.0. The molecule has 0 fully saturated rings. The largest absolute Gasteiger partial charge is 0.422 e. The van der Waals surface area contributed by atoms with E-state index in [0.29, 0.717) is 11.1 Å². The van der Waals surface area contributed by atoms with E-state index in [4.69, 9.17) is 4.42 Å². The summed E-state index contributed by atoms with van der Waals surface area (Å²) in [5, 5.41) is 0.841. The second kappa shape index (κ2) is 6.39. The molecule has 0 spiro atoms. The molecule has 0 saturated carbocycles. The summed E-state index contributed by atoms with van der Waals surface area (Å²) in [4.78, 5) is 25.1. The molecule has 0 N–H and O–H groups in total. The lowest BCUT2D eigenvalue weighted by Gasteiger charge is -2.20. The van der Waals surface area contributed by atoms with E-state index in [-0.39, 0.29) is 5.78 Å². The molecule has 0 atom stereocenters. The summed E-state index contributed by atoms with van der Waals surface area (Å²) in [5.41, 5.74) is 1.54. The van der Waals surface area contributed by atoms with Crippen LogP contribution in [0.15, 0.2) is 39.6 Å². The molecule has 4 heteroatoms. The highest BCUT2D eigenvalue weighted by atomic mass is 16.4. The first-order valence-electron chi connectivity index (χ1n) is 7.06. The molecule has 0 bridgehead atoms. The number of hydrogen-bond acceptors (Lipinski definition) is 4. The average molecular weight is 285 g/mol. The van der Waals surface area contributed by atoms with E-state index >= 15 is 0 Å². The van der Waals surface area contributed by atoms with Crippen LogP contribution < -0.4 is 10.5 Å². The van der Waals surface area contributed by atoms with Gasteiger partial charge in [-0.15, -0.1) is 0 Å². The molecule has 2 rings (SSSR count). The number of anilines is 1. The molecule has 21 heavy (non-hydrogen) atoms. The first-order valence-corrected chi connectivity index (χ1v) is 7.06.